The van der Waals surface area contributed by atoms with Crippen molar-refractivity contribution in [1.29, 1.82) is 0 Å². The Balaban J connectivity index is 1.91. The highest BCUT2D eigenvalue weighted by Crippen LogP contribution is 2.26. The summed E-state index contributed by atoms with van der Waals surface area (Å²) in [5.74, 6) is 0.691. The molecule has 2 heterocycles. The van der Waals surface area contributed by atoms with Crippen LogP contribution >= 0.6 is 11.3 Å². The van der Waals surface area contributed by atoms with Gasteiger partial charge in [-0.05, 0) is 18.9 Å². The summed E-state index contributed by atoms with van der Waals surface area (Å²) in [6.07, 6.45) is 3.12. The van der Waals surface area contributed by atoms with Gasteiger partial charge >= 0.3 is 0 Å². The number of aromatic nitrogens is 1. The Labute approximate surface area is 120 Å². The molecule has 1 aromatic heterocycles. The van der Waals surface area contributed by atoms with Crippen molar-refractivity contribution < 1.29 is 4.74 Å². The van der Waals surface area contributed by atoms with Crippen LogP contribution in [0.3, 0.4) is 0 Å². The van der Waals surface area contributed by atoms with Gasteiger partial charge in [0.2, 0.25) is 0 Å². The molecule has 1 atom stereocenters. The van der Waals surface area contributed by atoms with Crippen LogP contribution in [-0.4, -0.2) is 37.3 Å². The van der Waals surface area contributed by atoms with E-state index in [1.165, 1.54) is 4.88 Å². The average Bonchev–Trinajstić information content (AvgIpc) is 2.87. The van der Waals surface area contributed by atoms with Gasteiger partial charge in [-0.25, -0.2) is 4.98 Å². The lowest BCUT2D eigenvalue weighted by Gasteiger charge is -2.34. The molecule has 108 valence electrons. The lowest BCUT2D eigenvalue weighted by Crippen LogP contribution is -2.45. The fourth-order valence-electron chi connectivity index (χ4n) is 2.24. The second-order valence-electron chi connectivity index (χ2n) is 5.46. The SMILES string of the molecule is CCC1COCCN1c1ncc(CNCC(C)C)s1. The lowest BCUT2D eigenvalue weighted by atomic mass is 10.2. The van der Waals surface area contributed by atoms with Gasteiger partial charge in [0.15, 0.2) is 5.13 Å². The Morgan fingerprint density at radius 3 is 3.16 bits per heavy atom. The zero-order chi connectivity index (χ0) is 13.7. The number of anilines is 1. The van der Waals surface area contributed by atoms with E-state index in [2.05, 4.69) is 36.0 Å². The molecule has 0 aliphatic carbocycles. The second kappa shape index (κ2) is 7.22. The first-order valence-electron chi connectivity index (χ1n) is 7.20. The molecule has 0 radical (unpaired) electrons. The first-order valence-corrected chi connectivity index (χ1v) is 8.02. The number of ether oxygens (including phenoxy) is 1. The molecule has 4 nitrogen and oxygen atoms in total. The van der Waals surface area contributed by atoms with E-state index in [1.807, 2.05) is 6.20 Å². The molecule has 1 aliphatic heterocycles. The summed E-state index contributed by atoms with van der Waals surface area (Å²) in [6, 6.07) is 0.483. The topological polar surface area (TPSA) is 37.4 Å². The minimum Gasteiger partial charge on any atom is -0.377 e. The molecule has 0 saturated carbocycles. The molecule has 1 fully saturated rings. The number of hydrogen-bond acceptors (Lipinski definition) is 5. The number of hydrogen-bond donors (Lipinski definition) is 1. The fourth-order valence-corrected chi connectivity index (χ4v) is 3.22. The van der Waals surface area contributed by atoms with E-state index in [0.29, 0.717) is 12.0 Å². The van der Waals surface area contributed by atoms with Crippen molar-refractivity contribution in [3.05, 3.63) is 11.1 Å². The third-order valence-electron chi connectivity index (χ3n) is 3.34. The van der Waals surface area contributed by atoms with Crippen LogP contribution < -0.4 is 10.2 Å². The van der Waals surface area contributed by atoms with Crippen LogP contribution in [0.5, 0.6) is 0 Å². The molecular formula is C14H25N3OS. The predicted molar refractivity (Wildman–Crippen MR) is 80.9 cm³/mol. The molecule has 5 heteroatoms. The Hall–Kier alpha value is -0.650. The van der Waals surface area contributed by atoms with Crippen molar-refractivity contribution in [3.63, 3.8) is 0 Å². The number of nitrogens with one attached hydrogen (secondary N) is 1. The Morgan fingerprint density at radius 1 is 1.58 bits per heavy atom. The summed E-state index contributed by atoms with van der Waals surface area (Å²) < 4.78 is 5.55. The fraction of sp³-hybridized carbons (Fsp3) is 0.786. The minimum absolute atomic E-state index is 0.483. The molecule has 1 unspecified atom stereocenters. The number of rotatable bonds is 6. The molecule has 1 saturated heterocycles. The standard InChI is InChI=1S/C14H25N3OS/c1-4-12-10-18-6-5-17(12)14-16-9-13(19-14)8-15-7-11(2)3/h9,11-12,15H,4-8,10H2,1-3H3. The minimum atomic E-state index is 0.483. The third kappa shape index (κ3) is 4.16. The normalized spacial score (nSPS) is 20.2. The van der Waals surface area contributed by atoms with Crippen LogP contribution in [0.2, 0.25) is 0 Å². The van der Waals surface area contributed by atoms with Crippen LogP contribution in [0.15, 0.2) is 6.20 Å². The highest BCUT2D eigenvalue weighted by molar-refractivity contribution is 7.15. The van der Waals surface area contributed by atoms with Crippen LogP contribution in [0.25, 0.3) is 0 Å². The van der Waals surface area contributed by atoms with Gasteiger partial charge in [0, 0.05) is 24.2 Å². The Morgan fingerprint density at radius 2 is 2.42 bits per heavy atom. The monoisotopic (exact) mass is 283 g/mol. The number of thiazole rings is 1. The molecule has 1 N–H and O–H groups in total. The molecule has 0 amide bonds. The maximum Gasteiger partial charge on any atom is 0.185 e. The average molecular weight is 283 g/mol. The number of nitrogens with zero attached hydrogens (tertiary/aromatic N) is 2. The molecule has 1 aliphatic rings. The summed E-state index contributed by atoms with van der Waals surface area (Å²) in [4.78, 5) is 8.30. The van der Waals surface area contributed by atoms with Gasteiger partial charge in [0.25, 0.3) is 0 Å². The van der Waals surface area contributed by atoms with E-state index in [4.69, 9.17) is 4.74 Å². The van der Waals surface area contributed by atoms with Crippen molar-refractivity contribution in [2.24, 2.45) is 5.92 Å². The Kier molecular flexibility index (Phi) is 5.60. The van der Waals surface area contributed by atoms with Gasteiger partial charge in [-0.2, -0.15) is 0 Å². The quantitative estimate of drug-likeness (QED) is 0.870. The molecule has 0 bridgehead atoms. The highest BCUT2D eigenvalue weighted by atomic mass is 32.1. The van der Waals surface area contributed by atoms with Gasteiger partial charge in [-0.15, -0.1) is 11.3 Å². The van der Waals surface area contributed by atoms with Crippen molar-refractivity contribution in [2.45, 2.75) is 39.8 Å². The smallest absolute Gasteiger partial charge is 0.185 e. The largest absolute Gasteiger partial charge is 0.377 e. The zero-order valence-corrected chi connectivity index (χ0v) is 13.0. The summed E-state index contributed by atoms with van der Waals surface area (Å²) in [5, 5.41) is 4.62. The van der Waals surface area contributed by atoms with E-state index in [0.717, 1.165) is 44.4 Å². The summed E-state index contributed by atoms with van der Waals surface area (Å²) in [5.41, 5.74) is 0. The van der Waals surface area contributed by atoms with Gasteiger partial charge in [0.05, 0.1) is 19.3 Å². The van der Waals surface area contributed by atoms with Crippen LogP contribution in [0.4, 0.5) is 5.13 Å². The van der Waals surface area contributed by atoms with Crippen LogP contribution in [0.1, 0.15) is 32.1 Å². The molecule has 0 aromatic carbocycles. The van der Waals surface area contributed by atoms with Crippen molar-refractivity contribution >= 4 is 16.5 Å². The van der Waals surface area contributed by atoms with Gasteiger partial charge in [-0.3, -0.25) is 0 Å². The molecular weight excluding hydrogens is 258 g/mol. The van der Waals surface area contributed by atoms with Crippen LogP contribution in [-0.2, 0) is 11.3 Å². The summed E-state index contributed by atoms with van der Waals surface area (Å²) in [7, 11) is 0. The lowest BCUT2D eigenvalue weighted by molar-refractivity contribution is 0.0929. The third-order valence-corrected chi connectivity index (χ3v) is 4.37. The predicted octanol–water partition coefficient (Wildman–Crippen LogP) is 2.50. The van der Waals surface area contributed by atoms with Crippen molar-refractivity contribution in [2.75, 3.05) is 31.2 Å². The first kappa shape index (κ1) is 14.8. The second-order valence-corrected chi connectivity index (χ2v) is 6.56. The van der Waals surface area contributed by atoms with Crippen molar-refractivity contribution in [1.82, 2.24) is 10.3 Å². The maximum atomic E-state index is 5.55. The summed E-state index contributed by atoms with van der Waals surface area (Å²) >= 11 is 1.81. The van der Waals surface area contributed by atoms with Crippen molar-refractivity contribution in [3.8, 4) is 0 Å². The van der Waals surface area contributed by atoms with E-state index in [1.54, 1.807) is 11.3 Å². The van der Waals surface area contributed by atoms with E-state index in [-0.39, 0.29) is 0 Å². The van der Waals surface area contributed by atoms with E-state index < -0.39 is 0 Å². The van der Waals surface area contributed by atoms with Gasteiger partial charge in [0.1, 0.15) is 0 Å². The van der Waals surface area contributed by atoms with Crippen LogP contribution in [0, 0.1) is 5.92 Å². The van der Waals surface area contributed by atoms with Gasteiger partial charge < -0.3 is 15.0 Å². The Bertz CT molecular complexity index is 381. The molecule has 1 aromatic rings. The van der Waals surface area contributed by atoms with Gasteiger partial charge in [-0.1, -0.05) is 20.8 Å². The van der Waals surface area contributed by atoms with E-state index >= 15 is 0 Å². The molecule has 19 heavy (non-hydrogen) atoms. The first-order chi connectivity index (χ1) is 9.20. The maximum absolute atomic E-state index is 5.55. The number of morpholine rings is 1. The van der Waals surface area contributed by atoms with E-state index in [9.17, 15) is 0 Å². The highest BCUT2D eigenvalue weighted by Gasteiger charge is 2.23. The molecule has 2 rings (SSSR count). The molecule has 0 spiro atoms. The summed E-state index contributed by atoms with van der Waals surface area (Å²) in [6.45, 7) is 11.3. The zero-order valence-electron chi connectivity index (χ0n) is 12.2.